The topological polar surface area (TPSA) is 41.9 Å². The first-order valence-electron chi connectivity index (χ1n) is 19.5. The molecule has 2 unspecified atom stereocenters. The summed E-state index contributed by atoms with van der Waals surface area (Å²) in [5.74, 6) is 0.908. The Kier molecular flexibility index (Phi) is 7.92. The summed E-state index contributed by atoms with van der Waals surface area (Å²) in [6.07, 6.45) is 9.08. The molecule has 3 heterocycles. The average Bonchev–Trinajstić information content (AvgIpc) is 3.64. The first-order chi connectivity index (χ1) is 28.3. The normalized spacial score (nSPS) is 15.5. The smallest absolute Gasteiger partial charge is 0.160 e. The maximum atomic E-state index is 5.27. The highest BCUT2D eigenvalue weighted by Crippen LogP contribution is 2.53. The van der Waals surface area contributed by atoms with Crippen molar-refractivity contribution in [2.45, 2.75) is 12.0 Å². The van der Waals surface area contributed by atoms with Crippen molar-refractivity contribution in [3.05, 3.63) is 212 Å². The second-order valence-corrected chi connectivity index (χ2v) is 14.7. The quantitative estimate of drug-likeness (QED) is 0.160. The second kappa shape index (κ2) is 13.7. The zero-order chi connectivity index (χ0) is 37.7. The molecular weight excluding hydrogens is 693 g/mol. The number of nitrogens with zero attached hydrogens (tertiary/aromatic N) is 4. The molecule has 2 aromatic heterocycles. The third-order valence-corrected chi connectivity index (χ3v) is 11.4. The molecule has 2 aliphatic rings. The monoisotopic (exact) mass is 728 g/mol. The first kappa shape index (κ1) is 33.0. The highest BCUT2D eigenvalue weighted by atomic mass is 15.2. The van der Waals surface area contributed by atoms with Crippen LogP contribution in [-0.2, 0) is 0 Å². The summed E-state index contributed by atoms with van der Waals surface area (Å²) in [7, 11) is 0. The Hall–Kier alpha value is -7.43. The Bertz CT molecular complexity index is 3010. The van der Waals surface area contributed by atoms with Gasteiger partial charge in [0.1, 0.15) is 0 Å². The van der Waals surface area contributed by atoms with E-state index in [2.05, 4.69) is 187 Å². The number of hydrogen-bond donors (Lipinski definition) is 0. The lowest BCUT2D eigenvalue weighted by molar-refractivity contribution is 0.745. The molecule has 0 saturated heterocycles. The van der Waals surface area contributed by atoms with Crippen LogP contribution >= 0.6 is 0 Å². The van der Waals surface area contributed by atoms with Crippen LogP contribution in [0.4, 0.5) is 11.4 Å². The fraction of sp³-hybridized carbons (Fsp3) is 0.0377. The molecule has 4 heteroatoms. The number of allylic oxidation sites excluding steroid dienone is 2. The summed E-state index contributed by atoms with van der Waals surface area (Å²) in [6, 6.07) is 64.3. The molecule has 0 N–H and O–H groups in total. The lowest BCUT2D eigenvalue weighted by Gasteiger charge is -2.30. The van der Waals surface area contributed by atoms with Crippen molar-refractivity contribution in [3.8, 4) is 56.3 Å². The van der Waals surface area contributed by atoms with Crippen molar-refractivity contribution < 1.29 is 0 Å². The number of fused-ring (bicyclic) bond motifs is 7. The molecule has 268 valence electrons. The summed E-state index contributed by atoms with van der Waals surface area (Å²) < 4.78 is 0. The van der Waals surface area contributed by atoms with Crippen LogP contribution in [0.5, 0.6) is 0 Å². The molecule has 57 heavy (non-hydrogen) atoms. The van der Waals surface area contributed by atoms with Gasteiger partial charge in [0.15, 0.2) is 5.82 Å². The Morgan fingerprint density at radius 3 is 1.81 bits per heavy atom. The highest BCUT2D eigenvalue weighted by molar-refractivity contribution is 6.18. The number of hydrogen-bond acceptors (Lipinski definition) is 4. The van der Waals surface area contributed by atoms with Gasteiger partial charge in [-0.05, 0) is 41.0 Å². The van der Waals surface area contributed by atoms with Crippen molar-refractivity contribution >= 4 is 33.1 Å². The Balaban J connectivity index is 1.09. The van der Waals surface area contributed by atoms with Gasteiger partial charge >= 0.3 is 0 Å². The number of para-hydroxylation sites is 1. The van der Waals surface area contributed by atoms with Crippen LogP contribution in [0, 0.1) is 0 Å². The number of benzene rings is 7. The van der Waals surface area contributed by atoms with E-state index in [-0.39, 0.29) is 12.0 Å². The van der Waals surface area contributed by atoms with Crippen LogP contribution in [-0.4, -0.2) is 21.0 Å². The molecule has 11 rings (SSSR count). The molecule has 9 aromatic rings. The number of rotatable bonds is 6. The maximum Gasteiger partial charge on any atom is 0.160 e. The molecule has 0 radical (unpaired) electrons. The molecule has 1 aliphatic carbocycles. The molecule has 2 atom stereocenters. The third kappa shape index (κ3) is 5.73. The van der Waals surface area contributed by atoms with Gasteiger partial charge in [-0.3, -0.25) is 0 Å². The number of aromatic nitrogens is 3. The number of anilines is 2. The minimum Gasteiger partial charge on any atom is -0.333 e. The Labute approximate surface area is 331 Å². The molecular formula is C53H36N4. The molecule has 7 aromatic carbocycles. The maximum absolute atomic E-state index is 5.27. The average molecular weight is 729 g/mol. The summed E-state index contributed by atoms with van der Waals surface area (Å²) in [5.41, 5.74) is 14.0. The molecule has 4 nitrogen and oxygen atoms in total. The minimum atomic E-state index is 0.113. The fourth-order valence-corrected chi connectivity index (χ4v) is 8.70. The van der Waals surface area contributed by atoms with E-state index >= 15 is 0 Å². The van der Waals surface area contributed by atoms with Crippen molar-refractivity contribution in [2.75, 3.05) is 4.90 Å². The standard InChI is InChI=1S/C53H36N4/c1-4-15-35(16-5-1)36-27-29-37(30-28-36)47-34-48(56-53(55-47)39-19-8-3-9-20-39)40-21-14-22-41(33-40)57-49-26-13-11-23-42(49)43-31-32-45-50(52(43)57)44-24-10-12-25-46(44)54-51(45)38-17-6-2-7-18-38/h1-34,42,49H. The van der Waals surface area contributed by atoms with Gasteiger partial charge < -0.3 is 4.90 Å². The lowest BCUT2D eigenvalue weighted by Crippen LogP contribution is -2.28. The fourth-order valence-electron chi connectivity index (χ4n) is 8.70. The van der Waals surface area contributed by atoms with Crippen LogP contribution in [0.1, 0.15) is 11.5 Å². The van der Waals surface area contributed by atoms with Crippen molar-refractivity contribution in [1.29, 1.82) is 0 Å². The molecule has 0 spiro atoms. The van der Waals surface area contributed by atoms with Crippen LogP contribution in [0.25, 0.3) is 78.0 Å². The van der Waals surface area contributed by atoms with Crippen molar-refractivity contribution in [3.63, 3.8) is 0 Å². The van der Waals surface area contributed by atoms with Crippen LogP contribution in [0.15, 0.2) is 206 Å². The van der Waals surface area contributed by atoms with Gasteiger partial charge in [0.25, 0.3) is 0 Å². The first-order valence-corrected chi connectivity index (χ1v) is 19.5. The molecule has 0 amide bonds. The van der Waals surface area contributed by atoms with E-state index in [1.165, 1.54) is 27.8 Å². The van der Waals surface area contributed by atoms with Crippen LogP contribution < -0.4 is 4.90 Å². The van der Waals surface area contributed by atoms with E-state index in [1.807, 2.05) is 24.3 Å². The van der Waals surface area contributed by atoms with Crippen LogP contribution in [0.3, 0.4) is 0 Å². The minimum absolute atomic E-state index is 0.113. The summed E-state index contributed by atoms with van der Waals surface area (Å²) in [6.45, 7) is 0. The molecule has 1 aliphatic heterocycles. The summed E-state index contributed by atoms with van der Waals surface area (Å²) in [5, 5.41) is 3.54. The van der Waals surface area contributed by atoms with Gasteiger partial charge in [-0.1, -0.05) is 182 Å². The Morgan fingerprint density at radius 1 is 0.421 bits per heavy atom. The van der Waals surface area contributed by atoms with Gasteiger partial charge in [-0.2, -0.15) is 0 Å². The van der Waals surface area contributed by atoms with Gasteiger partial charge in [-0.25, -0.2) is 15.0 Å². The molecule has 0 saturated carbocycles. The van der Waals surface area contributed by atoms with Gasteiger partial charge in [0.2, 0.25) is 0 Å². The molecule has 0 fully saturated rings. The van der Waals surface area contributed by atoms with Crippen molar-refractivity contribution in [1.82, 2.24) is 15.0 Å². The lowest BCUT2D eigenvalue weighted by atomic mass is 9.89. The highest BCUT2D eigenvalue weighted by Gasteiger charge is 2.39. The Morgan fingerprint density at radius 2 is 1.04 bits per heavy atom. The zero-order valence-corrected chi connectivity index (χ0v) is 31.1. The third-order valence-electron chi connectivity index (χ3n) is 11.4. The van der Waals surface area contributed by atoms with E-state index in [0.29, 0.717) is 5.82 Å². The van der Waals surface area contributed by atoms with Gasteiger partial charge in [0.05, 0.1) is 34.3 Å². The zero-order valence-electron chi connectivity index (χ0n) is 31.1. The van der Waals surface area contributed by atoms with E-state index in [0.717, 1.165) is 61.3 Å². The van der Waals surface area contributed by atoms with Crippen LogP contribution in [0.2, 0.25) is 0 Å². The van der Waals surface area contributed by atoms with E-state index < -0.39 is 0 Å². The second-order valence-electron chi connectivity index (χ2n) is 14.7. The van der Waals surface area contributed by atoms with E-state index in [1.54, 1.807) is 0 Å². The predicted octanol–water partition coefficient (Wildman–Crippen LogP) is 13.2. The van der Waals surface area contributed by atoms with E-state index in [4.69, 9.17) is 15.0 Å². The summed E-state index contributed by atoms with van der Waals surface area (Å²) >= 11 is 0. The largest absolute Gasteiger partial charge is 0.333 e. The molecule has 0 bridgehead atoms. The van der Waals surface area contributed by atoms with Crippen molar-refractivity contribution in [2.24, 2.45) is 0 Å². The van der Waals surface area contributed by atoms with E-state index in [9.17, 15) is 0 Å². The number of pyridine rings is 1. The summed E-state index contributed by atoms with van der Waals surface area (Å²) in [4.78, 5) is 18.2. The SMILES string of the molecule is C1=CC2c3ccc4c(-c5ccccc5)nc5ccccc5c4c3N(c3cccc(-c4cc(-c5ccc(-c6ccccc6)cc5)nc(-c5ccccc5)n4)c3)C2C=C1. The van der Waals surface area contributed by atoms with Gasteiger partial charge in [0, 0.05) is 50.0 Å². The predicted molar refractivity (Wildman–Crippen MR) is 235 cm³/mol. The van der Waals surface area contributed by atoms with Gasteiger partial charge in [-0.15, -0.1) is 0 Å².